The topological polar surface area (TPSA) is 101 Å². The van der Waals surface area contributed by atoms with E-state index in [1.165, 1.54) is 11.8 Å². The molecular weight excluding hydrogens is 480 g/mol. The molecule has 8 heteroatoms. The average molecular weight is 507 g/mol. The number of nitrogens with one attached hydrogen (secondary N) is 2. The molecule has 38 heavy (non-hydrogen) atoms. The van der Waals surface area contributed by atoms with Crippen molar-refractivity contribution in [3.8, 4) is 0 Å². The van der Waals surface area contributed by atoms with Crippen molar-refractivity contribution in [1.82, 2.24) is 10.3 Å². The van der Waals surface area contributed by atoms with Gasteiger partial charge in [-0.1, -0.05) is 54.6 Å². The number of ether oxygens (including phenoxy) is 1. The molecule has 0 fully saturated rings. The van der Waals surface area contributed by atoms with Gasteiger partial charge in [0.15, 0.2) is 6.10 Å². The first kappa shape index (κ1) is 24.7. The molecule has 2 N–H and O–H groups in total. The molecule has 0 bridgehead atoms. The molecule has 1 unspecified atom stereocenters. The Morgan fingerprint density at radius 3 is 2.34 bits per heavy atom. The van der Waals surface area contributed by atoms with Crippen LogP contribution < -0.4 is 15.5 Å². The van der Waals surface area contributed by atoms with Crippen molar-refractivity contribution in [1.29, 1.82) is 0 Å². The second-order valence-electron chi connectivity index (χ2n) is 8.84. The monoisotopic (exact) mass is 506 g/mol. The van der Waals surface area contributed by atoms with Crippen molar-refractivity contribution >= 4 is 35.0 Å². The maximum atomic E-state index is 13.6. The van der Waals surface area contributed by atoms with Crippen molar-refractivity contribution < 1.29 is 19.1 Å². The number of aromatic nitrogens is 1. The second-order valence-corrected chi connectivity index (χ2v) is 8.84. The number of hydrogen-bond acceptors (Lipinski definition) is 6. The lowest BCUT2D eigenvalue weighted by Crippen LogP contribution is -2.40. The Kier molecular flexibility index (Phi) is 7.13. The molecular formula is C30H26N4O4. The van der Waals surface area contributed by atoms with Crippen molar-refractivity contribution in [2.45, 2.75) is 19.6 Å². The summed E-state index contributed by atoms with van der Waals surface area (Å²) in [5.41, 5.74) is 3.94. The number of fused-ring (bicyclic) bond motifs is 2. The van der Waals surface area contributed by atoms with E-state index in [-0.39, 0.29) is 18.4 Å². The molecule has 8 nitrogen and oxygen atoms in total. The zero-order chi connectivity index (χ0) is 26.5. The molecule has 1 aliphatic rings. The summed E-state index contributed by atoms with van der Waals surface area (Å²) < 4.78 is 5.65. The molecule has 1 atom stereocenters. The molecule has 2 heterocycles. The number of benzene rings is 3. The van der Waals surface area contributed by atoms with Gasteiger partial charge >= 0.3 is 5.97 Å². The predicted molar refractivity (Wildman–Crippen MR) is 144 cm³/mol. The summed E-state index contributed by atoms with van der Waals surface area (Å²) in [5, 5.41) is 6.12. The van der Waals surface area contributed by atoms with E-state index in [0.29, 0.717) is 28.9 Å². The number of anilines is 3. The molecule has 1 aliphatic heterocycles. The highest BCUT2D eigenvalue weighted by Gasteiger charge is 2.34. The van der Waals surface area contributed by atoms with Crippen LogP contribution in [0.3, 0.4) is 0 Å². The summed E-state index contributed by atoms with van der Waals surface area (Å²) in [6.07, 6.45) is 0.963. The van der Waals surface area contributed by atoms with Crippen LogP contribution in [0.4, 0.5) is 17.2 Å². The Hall–Kier alpha value is -4.98. The van der Waals surface area contributed by atoms with E-state index in [1.807, 2.05) is 54.6 Å². The normalized spacial score (nSPS) is 14.1. The quantitative estimate of drug-likeness (QED) is 0.351. The minimum Gasteiger partial charge on any atom is -0.453 e. The number of carbonyl (C=O) groups is 3. The van der Waals surface area contributed by atoms with E-state index in [4.69, 9.17) is 4.74 Å². The van der Waals surface area contributed by atoms with Crippen molar-refractivity contribution in [2.75, 3.05) is 16.8 Å². The standard InChI is InChI=1S/C30H26N4O4/c1-20(35)38-29-23-8-2-3-9-24(23)30(37)34(26-11-5-4-10-25(26)29)19-28(36)32-18-21-13-15-22(16-14-21)33-27-12-6-7-17-31-27/h2-17,29H,18-19H2,1H3,(H,31,33)(H,32,36). The number of carbonyl (C=O) groups excluding carboxylic acids is 3. The van der Waals surface area contributed by atoms with Crippen molar-refractivity contribution in [3.05, 3.63) is 119 Å². The molecule has 0 saturated carbocycles. The fourth-order valence-electron chi connectivity index (χ4n) is 4.44. The first-order chi connectivity index (χ1) is 18.5. The van der Waals surface area contributed by atoms with Gasteiger partial charge in [-0.2, -0.15) is 0 Å². The Balaban J connectivity index is 1.32. The highest BCUT2D eigenvalue weighted by molar-refractivity contribution is 6.11. The molecule has 0 aliphatic carbocycles. The molecule has 5 rings (SSSR count). The Morgan fingerprint density at radius 2 is 1.61 bits per heavy atom. The van der Waals surface area contributed by atoms with Crippen LogP contribution in [-0.4, -0.2) is 29.3 Å². The first-order valence-electron chi connectivity index (χ1n) is 12.2. The van der Waals surface area contributed by atoms with Gasteiger partial charge in [0.1, 0.15) is 12.4 Å². The smallest absolute Gasteiger partial charge is 0.303 e. The third-order valence-electron chi connectivity index (χ3n) is 6.20. The summed E-state index contributed by atoms with van der Waals surface area (Å²) in [4.78, 5) is 44.3. The SMILES string of the molecule is CC(=O)OC1c2ccccc2C(=O)N(CC(=O)NCc2ccc(Nc3ccccn3)cc2)c2ccccc21. The number of nitrogens with zero attached hydrogens (tertiary/aromatic N) is 2. The molecule has 3 aromatic carbocycles. The highest BCUT2D eigenvalue weighted by atomic mass is 16.5. The van der Waals surface area contributed by atoms with Crippen LogP contribution in [0.15, 0.2) is 97.2 Å². The van der Waals surface area contributed by atoms with Gasteiger partial charge in [0.25, 0.3) is 5.91 Å². The number of amides is 2. The van der Waals surface area contributed by atoms with E-state index in [1.54, 1.807) is 42.6 Å². The molecule has 0 saturated heterocycles. The first-order valence-corrected chi connectivity index (χ1v) is 12.2. The second kappa shape index (κ2) is 11.0. The number of para-hydroxylation sites is 1. The zero-order valence-corrected chi connectivity index (χ0v) is 20.8. The molecule has 190 valence electrons. The third-order valence-corrected chi connectivity index (χ3v) is 6.20. The van der Waals surface area contributed by atoms with E-state index in [0.717, 1.165) is 17.1 Å². The molecule has 1 aromatic heterocycles. The van der Waals surface area contributed by atoms with Gasteiger partial charge in [-0.25, -0.2) is 4.98 Å². The predicted octanol–water partition coefficient (Wildman–Crippen LogP) is 4.75. The number of hydrogen-bond donors (Lipinski definition) is 2. The van der Waals surface area contributed by atoms with Gasteiger partial charge in [0.05, 0.1) is 5.69 Å². The lowest BCUT2D eigenvalue weighted by molar-refractivity contribution is -0.144. The Labute approximate surface area is 220 Å². The van der Waals surface area contributed by atoms with Crippen LogP contribution in [0, 0.1) is 0 Å². The Morgan fingerprint density at radius 1 is 0.895 bits per heavy atom. The van der Waals surface area contributed by atoms with E-state index in [9.17, 15) is 14.4 Å². The Bertz CT molecular complexity index is 1470. The number of rotatable bonds is 7. The van der Waals surface area contributed by atoms with Gasteiger partial charge in [-0.15, -0.1) is 0 Å². The maximum Gasteiger partial charge on any atom is 0.303 e. The summed E-state index contributed by atoms with van der Waals surface area (Å²) in [6.45, 7) is 1.46. The van der Waals surface area contributed by atoms with Crippen LogP contribution in [0.5, 0.6) is 0 Å². The van der Waals surface area contributed by atoms with Crippen LogP contribution in [0.25, 0.3) is 0 Å². The fraction of sp³-hybridized carbons (Fsp3) is 0.133. The van der Waals surface area contributed by atoms with Gasteiger partial charge in [-0.3, -0.25) is 19.3 Å². The van der Waals surface area contributed by atoms with Gasteiger partial charge < -0.3 is 15.4 Å². The van der Waals surface area contributed by atoms with Gasteiger partial charge in [0.2, 0.25) is 5.91 Å². The molecule has 2 amide bonds. The average Bonchev–Trinajstić information content (AvgIpc) is 3.03. The van der Waals surface area contributed by atoms with Crippen LogP contribution >= 0.6 is 0 Å². The summed E-state index contributed by atoms with van der Waals surface area (Å²) in [5.74, 6) is -0.358. The fourth-order valence-corrected chi connectivity index (χ4v) is 4.44. The maximum absolute atomic E-state index is 13.6. The van der Waals surface area contributed by atoms with Crippen LogP contribution in [0.2, 0.25) is 0 Å². The number of pyridine rings is 1. The largest absolute Gasteiger partial charge is 0.453 e. The third kappa shape index (κ3) is 5.39. The summed E-state index contributed by atoms with van der Waals surface area (Å²) in [7, 11) is 0. The summed E-state index contributed by atoms with van der Waals surface area (Å²) in [6, 6.07) is 27.5. The lowest BCUT2D eigenvalue weighted by atomic mass is 9.97. The zero-order valence-electron chi connectivity index (χ0n) is 20.8. The molecule has 0 radical (unpaired) electrons. The highest BCUT2D eigenvalue weighted by Crippen LogP contribution is 2.39. The van der Waals surface area contributed by atoms with Gasteiger partial charge in [-0.05, 0) is 42.0 Å². The summed E-state index contributed by atoms with van der Waals surface area (Å²) >= 11 is 0. The molecule has 4 aromatic rings. The van der Waals surface area contributed by atoms with Crippen molar-refractivity contribution in [2.24, 2.45) is 0 Å². The minimum atomic E-state index is -0.755. The van der Waals surface area contributed by atoms with Crippen LogP contribution in [-0.2, 0) is 20.9 Å². The molecule has 0 spiro atoms. The van der Waals surface area contributed by atoms with E-state index in [2.05, 4.69) is 15.6 Å². The van der Waals surface area contributed by atoms with E-state index < -0.39 is 12.1 Å². The van der Waals surface area contributed by atoms with Crippen LogP contribution in [0.1, 0.15) is 40.1 Å². The minimum absolute atomic E-state index is 0.184. The number of esters is 1. The van der Waals surface area contributed by atoms with Gasteiger partial charge in [0, 0.05) is 42.0 Å². The van der Waals surface area contributed by atoms with E-state index >= 15 is 0 Å². The van der Waals surface area contributed by atoms with Crippen molar-refractivity contribution in [3.63, 3.8) is 0 Å². The lowest BCUT2D eigenvalue weighted by Gasteiger charge is -2.23.